The zero-order chi connectivity index (χ0) is 14.7. The van der Waals surface area contributed by atoms with Gasteiger partial charge in [-0.3, -0.25) is 4.79 Å². The van der Waals surface area contributed by atoms with Crippen LogP contribution in [-0.4, -0.2) is 60.0 Å². The molecule has 2 aliphatic rings. The van der Waals surface area contributed by atoms with E-state index >= 15 is 0 Å². The molecule has 2 heterocycles. The lowest BCUT2D eigenvalue weighted by Crippen LogP contribution is -2.57. The number of nitrogens with zero attached hydrogens (tertiary/aromatic N) is 2. The molecule has 4 heteroatoms. The van der Waals surface area contributed by atoms with E-state index in [9.17, 15) is 4.79 Å². The Hall–Kier alpha value is -0.610. The lowest BCUT2D eigenvalue weighted by atomic mass is 9.82. The zero-order valence-corrected chi connectivity index (χ0v) is 13.6. The SMILES string of the molecule is CCN(CC)C(=O)C(C)NC1CC2CCCC(C1)N2C. The average molecular weight is 281 g/mol. The topological polar surface area (TPSA) is 35.6 Å². The Morgan fingerprint density at radius 3 is 2.30 bits per heavy atom. The lowest BCUT2D eigenvalue weighted by molar-refractivity contribution is -0.133. The second-order valence-corrected chi connectivity index (χ2v) is 6.47. The molecule has 0 saturated carbocycles. The molecule has 2 bridgehead atoms. The van der Waals surface area contributed by atoms with E-state index in [1.807, 2.05) is 25.7 Å². The highest BCUT2D eigenvalue weighted by Crippen LogP contribution is 2.32. The highest BCUT2D eigenvalue weighted by atomic mass is 16.2. The van der Waals surface area contributed by atoms with E-state index < -0.39 is 0 Å². The molecule has 1 N–H and O–H groups in total. The maximum Gasteiger partial charge on any atom is 0.239 e. The molecule has 0 radical (unpaired) electrons. The first-order valence-electron chi connectivity index (χ1n) is 8.33. The minimum absolute atomic E-state index is 0.0518. The summed E-state index contributed by atoms with van der Waals surface area (Å²) in [5, 5.41) is 3.60. The van der Waals surface area contributed by atoms with Gasteiger partial charge < -0.3 is 15.1 Å². The Kier molecular flexibility index (Phi) is 5.44. The van der Waals surface area contributed by atoms with Crippen LogP contribution in [-0.2, 0) is 4.79 Å². The molecule has 20 heavy (non-hydrogen) atoms. The van der Waals surface area contributed by atoms with E-state index in [0.29, 0.717) is 6.04 Å². The van der Waals surface area contributed by atoms with E-state index in [-0.39, 0.29) is 11.9 Å². The van der Waals surface area contributed by atoms with E-state index in [1.165, 1.54) is 32.1 Å². The monoisotopic (exact) mass is 281 g/mol. The van der Waals surface area contributed by atoms with Gasteiger partial charge in [-0.05, 0) is 53.5 Å². The van der Waals surface area contributed by atoms with Crippen LogP contribution in [0.25, 0.3) is 0 Å². The average Bonchev–Trinajstić information content (AvgIpc) is 2.41. The van der Waals surface area contributed by atoms with E-state index in [4.69, 9.17) is 0 Å². The summed E-state index contributed by atoms with van der Waals surface area (Å²) in [6.45, 7) is 7.73. The molecule has 3 atom stereocenters. The third kappa shape index (κ3) is 3.34. The standard InChI is InChI=1S/C16H31N3O/c1-5-19(6-2)16(20)12(3)17-13-10-14-8-7-9-15(11-13)18(14)4/h12-15,17H,5-11H2,1-4H3. The molecule has 0 spiro atoms. The number of carbonyl (C=O) groups is 1. The molecule has 4 nitrogen and oxygen atoms in total. The molecule has 2 saturated heterocycles. The normalized spacial score (nSPS) is 31.9. The minimum Gasteiger partial charge on any atom is -0.342 e. The maximum atomic E-state index is 12.3. The fraction of sp³-hybridized carbons (Fsp3) is 0.938. The number of amides is 1. The van der Waals surface area contributed by atoms with Crippen LogP contribution in [0.2, 0.25) is 0 Å². The van der Waals surface area contributed by atoms with Gasteiger partial charge in [0.05, 0.1) is 6.04 Å². The van der Waals surface area contributed by atoms with Crippen LogP contribution in [0.5, 0.6) is 0 Å². The van der Waals surface area contributed by atoms with Crippen LogP contribution in [0.4, 0.5) is 0 Å². The summed E-state index contributed by atoms with van der Waals surface area (Å²) >= 11 is 0. The Morgan fingerprint density at radius 2 is 1.80 bits per heavy atom. The quantitative estimate of drug-likeness (QED) is 0.835. The number of nitrogens with one attached hydrogen (secondary N) is 1. The largest absolute Gasteiger partial charge is 0.342 e. The number of hydrogen-bond donors (Lipinski definition) is 1. The molecule has 3 unspecified atom stereocenters. The van der Waals surface area contributed by atoms with Crippen molar-refractivity contribution >= 4 is 5.91 Å². The lowest BCUT2D eigenvalue weighted by Gasteiger charge is -2.47. The van der Waals surface area contributed by atoms with Gasteiger partial charge in [-0.15, -0.1) is 0 Å². The Morgan fingerprint density at radius 1 is 1.25 bits per heavy atom. The number of carbonyl (C=O) groups excluding carboxylic acids is 1. The molecule has 1 amide bonds. The molecule has 2 fully saturated rings. The molecule has 2 aliphatic heterocycles. The van der Waals surface area contributed by atoms with Gasteiger partial charge in [0.25, 0.3) is 0 Å². The number of piperidine rings is 2. The first kappa shape index (κ1) is 15.8. The Labute approximate surface area is 123 Å². The van der Waals surface area contributed by atoms with Crippen molar-refractivity contribution in [3.05, 3.63) is 0 Å². The Bertz CT molecular complexity index is 316. The highest BCUT2D eigenvalue weighted by molar-refractivity contribution is 5.81. The van der Waals surface area contributed by atoms with Gasteiger partial charge in [0.2, 0.25) is 5.91 Å². The summed E-state index contributed by atoms with van der Waals surface area (Å²) in [6, 6.07) is 1.89. The molecule has 2 rings (SSSR count). The molecule has 0 aromatic heterocycles. The van der Waals surface area contributed by atoms with Crippen molar-refractivity contribution in [2.75, 3.05) is 20.1 Å². The second kappa shape index (κ2) is 6.90. The number of hydrogen-bond acceptors (Lipinski definition) is 3. The van der Waals surface area contributed by atoms with E-state index in [2.05, 4.69) is 17.3 Å². The molecular weight excluding hydrogens is 250 g/mol. The van der Waals surface area contributed by atoms with Crippen molar-refractivity contribution in [3.63, 3.8) is 0 Å². The van der Waals surface area contributed by atoms with Gasteiger partial charge in [0.1, 0.15) is 0 Å². The third-order valence-electron chi connectivity index (χ3n) is 5.27. The summed E-state index contributed by atoms with van der Waals surface area (Å²) < 4.78 is 0. The van der Waals surface area contributed by atoms with Crippen LogP contribution in [0.15, 0.2) is 0 Å². The zero-order valence-electron chi connectivity index (χ0n) is 13.6. The molecular formula is C16H31N3O. The first-order chi connectivity index (χ1) is 9.56. The van der Waals surface area contributed by atoms with Gasteiger partial charge in [-0.25, -0.2) is 0 Å². The van der Waals surface area contributed by atoms with Crippen molar-refractivity contribution in [3.8, 4) is 0 Å². The van der Waals surface area contributed by atoms with Crippen molar-refractivity contribution in [1.29, 1.82) is 0 Å². The van der Waals surface area contributed by atoms with Crippen molar-refractivity contribution in [1.82, 2.24) is 15.1 Å². The summed E-state index contributed by atoms with van der Waals surface area (Å²) in [5.74, 6) is 0.249. The van der Waals surface area contributed by atoms with Gasteiger partial charge in [-0.2, -0.15) is 0 Å². The fourth-order valence-electron chi connectivity index (χ4n) is 3.99. The van der Waals surface area contributed by atoms with Crippen molar-refractivity contribution in [2.24, 2.45) is 0 Å². The fourth-order valence-corrected chi connectivity index (χ4v) is 3.99. The first-order valence-corrected chi connectivity index (χ1v) is 8.33. The summed E-state index contributed by atoms with van der Waals surface area (Å²) in [4.78, 5) is 16.8. The summed E-state index contributed by atoms with van der Waals surface area (Å²) in [5.41, 5.74) is 0. The third-order valence-corrected chi connectivity index (χ3v) is 5.27. The molecule has 116 valence electrons. The Balaban J connectivity index is 1.89. The molecule has 0 aliphatic carbocycles. The van der Waals surface area contributed by atoms with Gasteiger partial charge in [0, 0.05) is 31.2 Å². The van der Waals surface area contributed by atoms with Crippen LogP contribution in [0, 0.1) is 0 Å². The maximum absolute atomic E-state index is 12.3. The van der Waals surface area contributed by atoms with Gasteiger partial charge in [-0.1, -0.05) is 6.42 Å². The second-order valence-electron chi connectivity index (χ2n) is 6.47. The number of likely N-dealkylation sites (N-methyl/N-ethyl adjacent to an activating group) is 1. The highest BCUT2D eigenvalue weighted by Gasteiger charge is 2.36. The van der Waals surface area contributed by atoms with Gasteiger partial charge >= 0.3 is 0 Å². The number of fused-ring (bicyclic) bond motifs is 2. The predicted molar refractivity (Wildman–Crippen MR) is 82.7 cm³/mol. The number of rotatable bonds is 5. The van der Waals surface area contributed by atoms with Gasteiger partial charge in [0.15, 0.2) is 0 Å². The molecule has 0 aromatic carbocycles. The molecule has 0 aromatic rings. The van der Waals surface area contributed by atoms with Crippen LogP contribution < -0.4 is 5.32 Å². The smallest absolute Gasteiger partial charge is 0.239 e. The predicted octanol–water partition coefficient (Wildman–Crippen LogP) is 1.85. The summed E-state index contributed by atoms with van der Waals surface area (Å²) in [6.07, 6.45) is 6.42. The van der Waals surface area contributed by atoms with E-state index in [0.717, 1.165) is 25.2 Å². The van der Waals surface area contributed by atoms with Crippen molar-refractivity contribution in [2.45, 2.75) is 77.0 Å². The van der Waals surface area contributed by atoms with E-state index in [1.54, 1.807) is 0 Å². The van der Waals surface area contributed by atoms with Crippen molar-refractivity contribution < 1.29 is 4.79 Å². The minimum atomic E-state index is -0.0518. The van der Waals surface area contributed by atoms with Crippen LogP contribution >= 0.6 is 0 Å². The van der Waals surface area contributed by atoms with Crippen LogP contribution in [0.1, 0.15) is 52.9 Å². The van der Waals surface area contributed by atoms with Crippen LogP contribution in [0.3, 0.4) is 0 Å². The summed E-state index contributed by atoms with van der Waals surface area (Å²) in [7, 11) is 2.27.